The molecule has 0 aromatic heterocycles. The summed E-state index contributed by atoms with van der Waals surface area (Å²) in [5.74, 6) is -0.306. The van der Waals surface area contributed by atoms with Gasteiger partial charge < -0.3 is 15.0 Å². The molecule has 140 valence electrons. The third kappa shape index (κ3) is 4.59. The average molecular weight is 363 g/mol. The number of rotatable bonds is 6. The zero-order valence-corrected chi connectivity index (χ0v) is 15.9. The normalized spacial score (nSPS) is 14.5. The third-order valence-electron chi connectivity index (χ3n) is 4.74. The molecule has 3 rings (SSSR count). The van der Waals surface area contributed by atoms with Crippen LogP contribution in [0.15, 0.2) is 42.5 Å². The Morgan fingerprint density at radius 2 is 1.93 bits per heavy atom. The van der Waals surface area contributed by atoms with Crippen molar-refractivity contribution in [2.75, 3.05) is 29.9 Å². The number of nitrogens with one attached hydrogen (secondary N) is 1. The highest BCUT2D eigenvalue weighted by Crippen LogP contribution is 2.29. The standard InChI is InChI=1S/C22H25N3O2/c1-3-27-22(26)21(24-19-8-6-17(15-23)7-9-19)18-12-16(2)13-20(14-18)25-10-4-5-11-25/h6-9,12-14,21,24H,3-5,10-11H2,1-2H3. The van der Waals surface area contributed by atoms with Gasteiger partial charge in [-0.25, -0.2) is 4.79 Å². The lowest BCUT2D eigenvalue weighted by molar-refractivity contribution is -0.144. The molecule has 27 heavy (non-hydrogen) atoms. The Balaban J connectivity index is 1.92. The van der Waals surface area contributed by atoms with Crippen molar-refractivity contribution in [2.24, 2.45) is 0 Å². The number of ether oxygens (including phenoxy) is 1. The molecule has 1 aliphatic rings. The van der Waals surface area contributed by atoms with E-state index in [1.807, 2.05) is 32.0 Å². The van der Waals surface area contributed by atoms with Gasteiger partial charge in [-0.2, -0.15) is 5.26 Å². The SMILES string of the molecule is CCOC(=O)C(Nc1ccc(C#N)cc1)c1cc(C)cc(N2CCCC2)c1. The van der Waals surface area contributed by atoms with Crippen molar-refractivity contribution in [3.8, 4) is 6.07 Å². The molecule has 1 unspecified atom stereocenters. The van der Waals surface area contributed by atoms with Crippen LogP contribution in [0.4, 0.5) is 11.4 Å². The summed E-state index contributed by atoms with van der Waals surface area (Å²) < 4.78 is 5.31. The van der Waals surface area contributed by atoms with Crippen molar-refractivity contribution >= 4 is 17.3 Å². The van der Waals surface area contributed by atoms with Gasteiger partial charge in [0.1, 0.15) is 0 Å². The molecule has 1 aliphatic heterocycles. The Morgan fingerprint density at radius 1 is 1.22 bits per heavy atom. The van der Waals surface area contributed by atoms with Crippen LogP contribution in [-0.2, 0) is 9.53 Å². The van der Waals surface area contributed by atoms with E-state index in [4.69, 9.17) is 10.00 Å². The molecule has 0 aliphatic carbocycles. The quantitative estimate of drug-likeness (QED) is 0.780. The summed E-state index contributed by atoms with van der Waals surface area (Å²) in [4.78, 5) is 15.0. The number of aryl methyl sites for hydroxylation is 1. The molecule has 1 saturated heterocycles. The second-order valence-electron chi connectivity index (χ2n) is 6.81. The summed E-state index contributed by atoms with van der Waals surface area (Å²) in [6.45, 7) is 6.29. The lowest BCUT2D eigenvalue weighted by atomic mass is 10.0. The van der Waals surface area contributed by atoms with Gasteiger partial charge in [-0.15, -0.1) is 0 Å². The molecule has 2 aromatic rings. The minimum absolute atomic E-state index is 0.306. The van der Waals surface area contributed by atoms with Crippen LogP contribution in [0.3, 0.4) is 0 Å². The maximum Gasteiger partial charge on any atom is 0.333 e. The van der Waals surface area contributed by atoms with E-state index in [1.165, 1.54) is 12.8 Å². The van der Waals surface area contributed by atoms with Crippen LogP contribution in [0.5, 0.6) is 0 Å². The minimum Gasteiger partial charge on any atom is -0.464 e. The Kier molecular flexibility index (Phi) is 5.97. The summed E-state index contributed by atoms with van der Waals surface area (Å²) in [6.07, 6.45) is 2.40. The van der Waals surface area contributed by atoms with Crippen molar-refractivity contribution in [3.05, 3.63) is 59.2 Å². The Labute approximate surface area is 160 Å². The van der Waals surface area contributed by atoms with Crippen LogP contribution >= 0.6 is 0 Å². The van der Waals surface area contributed by atoms with E-state index in [9.17, 15) is 4.79 Å². The van der Waals surface area contributed by atoms with Gasteiger partial charge in [-0.1, -0.05) is 6.07 Å². The molecule has 2 aromatic carbocycles. The molecule has 1 N–H and O–H groups in total. The zero-order valence-electron chi connectivity index (χ0n) is 15.9. The van der Waals surface area contributed by atoms with E-state index in [1.54, 1.807) is 12.1 Å². The van der Waals surface area contributed by atoms with Gasteiger partial charge >= 0.3 is 5.97 Å². The van der Waals surface area contributed by atoms with E-state index in [-0.39, 0.29) is 5.97 Å². The number of carbonyl (C=O) groups excluding carboxylic acids is 1. The van der Waals surface area contributed by atoms with Crippen molar-refractivity contribution in [1.29, 1.82) is 5.26 Å². The number of anilines is 2. The lowest BCUT2D eigenvalue weighted by Crippen LogP contribution is -2.24. The van der Waals surface area contributed by atoms with Crippen LogP contribution in [0.25, 0.3) is 0 Å². The second-order valence-corrected chi connectivity index (χ2v) is 6.81. The Hall–Kier alpha value is -3.00. The number of carbonyl (C=O) groups is 1. The predicted molar refractivity (Wildman–Crippen MR) is 107 cm³/mol. The third-order valence-corrected chi connectivity index (χ3v) is 4.74. The highest BCUT2D eigenvalue weighted by molar-refractivity contribution is 5.82. The minimum atomic E-state index is -0.598. The first kappa shape index (κ1) is 18.8. The zero-order chi connectivity index (χ0) is 19.2. The predicted octanol–water partition coefficient (Wildman–Crippen LogP) is 4.18. The Morgan fingerprint density at radius 3 is 2.56 bits per heavy atom. The van der Waals surface area contributed by atoms with Gasteiger partial charge in [0.05, 0.1) is 18.2 Å². The summed E-state index contributed by atoms with van der Waals surface area (Å²) in [7, 11) is 0. The second kappa shape index (κ2) is 8.59. The number of nitrogens with zero attached hydrogens (tertiary/aromatic N) is 2. The lowest BCUT2D eigenvalue weighted by Gasteiger charge is -2.23. The van der Waals surface area contributed by atoms with Crippen LogP contribution < -0.4 is 10.2 Å². The number of benzene rings is 2. The molecular weight excluding hydrogens is 338 g/mol. The maximum atomic E-state index is 12.7. The fourth-order valence-corrected chi connectivity index (χ4v) is 3.43. The van der Waals surface area contributed by atoms with Gasteiger partial charge in [0.25, 0.3) is 0 Å². The number of hydrogen-bond donors (Lipinski definition) is 1. The van der Waals surface area contributed by atoms with Crippen molar-refractivity contribution in [2.45, 2.75) is 32.7 Å². The van der Waals surface area contributed by atoms with Gasteiger partial charge in [0, 0.05) is 24.5 Å². The summed E-state index contributed by atoms with van der Waals surface area (Å²) in [5, 5.41) is 12.2. The van der Waals surface area contributed by atoms with E-state index in [0.717, 1.165) is 35.6 Å². The first-order valence-corrected chi connectivity index (χ1v) is 9.40. The largest absolute Gasteiger partial charge is 0.464 e. The molecule has 5 heteroatoms. The fraction of sp³-hybridized carbons (Fsp3) is 0.364. The molecule has 1 fully saturated rings. The van der Waals surface area contributed by atoms with Crippen molar-refractivity contribution < 1.29 is 9.53 Å². The molecule has 1 atom stereocenters. The molecule has 0 saturated carbocycles. The monoisotopic (exact) mass is 363 g/mol. The molecule has 0 radical (unpaired) electrons. The first-order valence-electron chi connectivity index (χ1n) is 9.40. The molecule has 0 bridgehead atoms. The molecular formula is C22H25N3O2. The van der Waals surface area contributed by atoms with E-state index in [2.05, 4.69) is 28.4 Å². The van der Waals surface area contributed by atoms with Crippen LogP contribution in [0.2, 0.25) is 0 Å². The highest BCUT2D eigenvalue weighted by Gasteiger charge is 2.24. The van der Waals surface area contributed by atoms with Gasteiger partial charge in [0.15, 0.2) is 6.04 Å². The van der Waals surface area contributed by atoms with Gasteiger partial charge in [-0.05, 0) is 74.2 Å². The topological polar surface area (TPSA) is 65.4 Å². The number of hydrogen-bond acceptors (Lipinski definition) is 5. The molecule has 0 amide bonds. The van der Waals surface area contributed by atoms with Crippen LogP contribution in [0, 0.1) is 18.3 Å². The number of nitriles is 1. The summed E-state index contributed by atoms with van der Waals surface area (Å²) in [6, 6.07) is 14.9. The molecule has 1 heterocycles. The van der Waals surface area contributed by atoms with Crippen LogP contribution in [0.1, 0.15) is 42.5 Å². The molecule has 5 nitrogen and oxygen atoms in total. The van der Waals surface area contributed by atoms with Crippen LogP contribution in [-0.4, -0.2) is 25.7 Å². The van der Waals surface area contributed by atoms with Gasteiger partial charge in [0.2, 0.25) is 0 Å². The maximum absolute atomic E-state index is 12.7. The summed E-state index contributed by atoms with van der Waals surface area (Å²) >= 11 is 0. The van der Waals surface area contributed by atoms with Crippen molar-refractivity contribution in [1.82, 2.24) is 0 Å². The van der Waals surface area contributed by atoms with E-state index >= 15 is 0 Å². The van der Waals surface area contributed by atoms with Gasteiger partial charge in [-0.3, -0.25) is 0 Å². The smallest absolute Gasteiger partial charge is 0.333 e. The van der Waals surface area contributed by atoms with Crippen molar-refractivity contribution in [3.63, 3.8) is 0 Å². The first-order chi connectivity index (χ1) is 13.1. The highest BCUT2D eigenvalue weighted by atomic mass is 16.5. The Bertz CT molecular complexity index is 834. The summed E-state index contributed by atoms with van der Waals surface area (Å²) in [5.41, 5.74) is 4.51. The van der Waals surface area contributed by atoms with E-state index < -0.39 is 6.04 Å². The average Bonchev–Trinajstić information content (AvgIpc) is 3.21. The van der Waals surface area contributed by atoms with E-state index in [0.29, 0.717) is 12.2 Å². The fourth-order valence-electron chi connectivity index (χ4n) is 3.43. The molecule has 0 spiro atoms. The number of esters is 1.